The lowest BCUT2D eigenvalue weighted by molar-refractivity contribution is 0.249. The maximum Gasteiger partial charge on any atom is 0.0329 e. The van der Waals surface area contributed by atoms with Gasteiger partial charge >= 0.3 is 0 Å². The minimum Gasteiger partial charge on any atom is -0.313 e. The second-order valence-corrected chi connectivity index (χ2v) is 5.31. The van der Waals surface area contributed by atoms with Gasteiger partial charge < -0.3 is 10.2 Å². The second kappa shape index (κ2) is 6.91. The highest BCUT2D eigenvalue weighted by molar-refractivity contribution is 5.18. The van der Waals surface area contributed by atoms with Crippen LogP contribution in [0.1, 0.15) is 44.2 Å². The van der Waals surface area contributed by atoms with Crippen molar-refractivity contribution in [3.8, 4) is 0 Å². The van der Waals surface area contributed by atoms with Crippen molar-refractivity contribution in [2.75, 3.05) is 20.1 Å². The summed E-state index contributed by atoms with van der Waals surface area (Å²) in [5, 5.41) is 3.45. The molecular weight excluding hydrogens is 220 g/mol. The summed E-state index contributed by atoms with van der Waals surface area (Å²) in [7, 11) is 2.07. The Morgan fingerprint density at radius 3 is 2.50 bits per heavy atom. The van der Waals surface area contributed by atoms with Gasteiger partial charge in [0.2, 0.25) is 0 Å². The van der Waals surface area contributed by atoms with Gasteiger partial charge in [0.15, 0.2) is 0 Å². The highest BCUT2D eigenvalue weighted by Crippen LogP contribution is 2.28. The molecule has 2 rings (SSSR count). The van der Waals surface area contributed by atoms with Gasteiger partial charge in [-0.15, -0.1) is 0 Å². The molecule has 1 N–H and O–H groups in total. The van der Waals surface area contributed by atoms with Crippen LogP contribution in [0.2, 0.25) is 0 Å². The quantitative estimate of drug-likeness (QED) is 0.757. The van der Waals surface area contributed by atoms with Crippen molar-refractivity contribution in [2.45, 2.75) is 44.7 Å². The largest absolute Gasteiger partial charge is 0.313 e. The van der Waals surface area contributed by atoms with E-state index in [1.54, 1.807) is 0 Å². The van der Waals surface area contributed by atoms with Gasteiger partial charge in [-0.3, -0.25) is 0 Å². The Morgan fingerprint density at radius 2 is 1.94 bits per heavy atom. The van der Waals surface area contributed by atoms with Crippen molar-refractivity contribution in [1.82, 2.24) is 10.2 Å². The summed E-state index contributed by atoms with van der Waals surface area (Å²) in [6.45, 7) is 4.76. The van der Waals surface area contributed by atoms with Crippen molar-refractivity contribution in [1.29, 1.82) is 0 Å². The Morgan fingerprint density at radius 1 is 1.22 bits per heavy atom. The average molecular weight is 246 g/mol. The van der Waals surface area contributed by atoms with Crippen molar-refractivity contribution in [2.24, 2.45) is 0 Å². The standard InChI is InChI=1S/C16H26N2/c1-3-12-18(15-9-10-15)13-11-16(17-2)14-7-5-4-6-8-14/h4-8,15-17H,3,9-13H2,1-2H3. The van der Waals surface area contributed by atoms with E-state index in [2.05, 4.69) is 54.5 Å². The van der Waals surface area contributed by atoms with Gasteiger partial charge in [-0.2, -0.15) is 0 Å². The Kier molecular flexibility index (Phi) is 5.21. The van der Waals surface area contributed by atoms with E-state index in [-0.39, 0.29) is 0 Å². The Bertz CT molecular complexity index is 332. The van der Waals surface area contributed by atoms with Crippen LogP contribution in [0.5, 0.6) is 0 Å². The summed E-state index contributed by atoms with van der Waals surface area (Å²) in [5.41, 5.74) is 1.41. The summed E-state index contributed by atoms with van der Waals surface area (Å²) >= 11 is 0. The fourth-order valence-corrected chi connectivity index (χ4v) is 2.66. The van der Waals surface area contributed by atoms with Gasteiger partial charge in [0.05, 0.1) is 0 Å². The van der Waals surface area contributed by atoms with Crippen LogP contribution < -0.4 is 5.32 Å². The highest BCUT2D eigenvalue weighted by atomic mass is 15.2. The first-order valence-corrected chi connectivity index (χ1v) is 7.31. The summed E-state index contributed by atoms with van der Waals surface area (Å²) < 4.78 is 0. The van der Waals surface area contributed by atoms with Gasteiger partial charge in [-0.1, -0.05) is 37.3 Å². The predicted octanol–water partition coefficient (Wildman–Crippen LogP) is 3.21. The van der Waals surface area contributed by atoms with Crippen LogP contribution in [0.15, 0.2) is 30.3 Å². The van der Waals surface area contributed by atoms with E-state index < -0.39 is 0 Å². The van der Waals surface area contributed by atoms with E-state index in [9.17, 15) is 0 Å². The van der Waals surface area contributed by atoms with Gasteiger partial charge in [-0.25, -0.2) is 0 Å². The molecule has 100 valence electrons. The number of benzene rings is 1. The molecule has 0 spiro atoms. The normalized spacial score (nSPS) is 17.1. The third kappa shape index (κ3) is 3.82. The van der Waals surface area contributed by atoms with E-state index >= 15 is 0 Å². The van der Waals surface area contributed by atoms with Crippen molar-refractivity contribution >= 4 is 0 Å². The first-order valence-electron chi connectivity index (χ1n) is 7.31. The minimum atomic E-state index is 0.490. The van der Waals surface area contributed by atoms with E-state index in [1.807, 2.05) is 0 Å². The first-order chi connectivity index (χ1) is 8.85. The zero-order valence-electron chi connectivity index (χ0n) is 11.7. The van der Waals surface area contributed by atoms with Crippen molar-refractivity contribution < 1.29 is 0 Å². The Balaban J connectivity index is 1.86. The highest BCUT2D eigenvalue weighted by Gasteiger charge is 2.28. The van der Waals surface area contributed by atoms with E-state index in [1.165, 1.54) is 44.3 Å². The molecular formula is C16H26N2. The lowest BCUT2D eigenvalue weighted by Crippen LogP contribution is -2.31. The molecule has 1 aromatic rings. The lowest BCUT2D eigenvalue weighted by atomic mass is 10.0. The number of hydrogen-bond acceptors (Lipinski definition) is 2. The fourth-order valence-electron chi connectivity index (χ4n) is 2.66. The maximum absolute atomic E-state index is 3.45. The van der Waals surface area contributed by atoms with Crippen LogP contribution in [-0.4, -0.2) is 31.1 Å². The summed E-state index contributed by atoms with van der Waals surface area (Å²) in [6, 6.07) is 12.2. The molecule has 18 heavy (non-hydrogen) atoms. The zero-order valence-corrected chi connectivity index (χ0v) is 11.7. The zero-order chi connectivity index (χ0) is 12.8. The first kappa shape index (κ1) is 13.6. The molecule has 1 aromatic carbocycles. The van der Waals surface area contributed by atoms with Crippen LogP contribution in [0.25, 0.3) is 0 Å². The number of nitrogens with zero attached hydrogens (tertiary/aromatic N) is 1. The summed E-state index contributed by atoms with van der Waals surface area (Å²) in [4.78, 5) is 2.67. The molecule has 1 unspecified atom stereocenters. The molecule has 0 saturated heterocycles. The topological polar surface area (TPSA) is 15.3 Å². The second-order valence-electron chi connectivity index (χ2n) is 5.31. The molecule has 0 aromatic heterocycles. The average Bonchev–Trinajstić information content (AvgIpc) is 3.24. The molecule has 2 nitrogen and oxygen atoms in total. The molecule has 0 heterocycles. The third-order valence-corrected chi connectivity index (χ3v) is 3.83. The molecule has 0 radical (unpaired) electrons. The molecule has 1 fully saturated rings. The van der Waals surface area contributed by atoms with E-state index in [0.29, 0.717) is 6.04 Å². The third-order valence-electron chi connectivity index (χ3n) is 3.83. The monoisotopic (exact) mass is 246 g/mol. The molecule has 0 amide bonds. The molecule has 1 aliphatic rings. The SMILES string of the molecule is CCCN(CCC(NC)c1ccccc1)C1CC1. The van der Waals surface area contributed by atoms with Gasteiger partial charge in [0.25, 0.3) is 0 Å². The molecule has 1 saturated carbocycles. The van der Waals surface area contributed by atoms with Gasteiger partial charge in [-0.05, 0) is 44.8 Å². The van der Waals surface area contributed by atoms with Crippen LogP contribution >= 0.6 is 0 Å². The molecule has 0 aliphatic heterocycles. The van der Waals surface area contributed by atoms with Crippen LogP contribution in [-0.2, 0) is 0 Å². The lowest BCUT2D eigenvalue weighted by Gasteiger charge is -2.24. The summed E-state index contributed by atoms with van der Waals surface area (Å²) in [5.74, 6) is 0. The van der Waals surface area contributed by atoms with Gasteiger partial charge in [0, 0.05) is 18.6 Å². The minimum absolute atomic E-state index is 0.490. The van der Waals surface area contributed by atoms with Crippen LogP contribution in [0, 0.1) is 0 Å². The Labute approximate surface area is 111 Å². The smallest absolute Gasteiger partial charge is 0.0329 e. The number of nitrogens with one attached hydrogen (secondary N) is 1. The Hall–Kier alpha value is -0.860. The van der Waals surface area contributed by atoms with E-state index in [0.717, 1.165) is 6.04 Å². The predicted molar refractivity (Wildman–Crippen MR) is 77.7 cm³/mol. The summed E-state index contributed by atoms with van der Waals surface area (Å²) in [6.07, 6.45) is 5.30. The van der Waals surface area contributed by atoms with Gasteiger partial charge in [0.1, 0.15) is 0 Å². The molecule has 2 heteroatoms. The van der Waals surface area contributed by atoms with Crippen LogP contribution in [0.3, 0.4) is 0 Å². The maximum atomic E-state index is 3.45. The van der Waals surface area contributed by atoms with Crippen molar-refractivity contribution in [3.63, 3.8) is 0 Å². The number of hydrogen-bond donors (Lipinski definition) is 1. The van der Waals surface area contributed by atoms with Crippen LogP contribution in [0.4, 0.5) is 0 Å². The molecule has 1 atom stereocenters. The molecule has 1 aliphatic carbocycles. The van der Waals surface area contributed by atoms with Crippen molar-refractivity contribution in [3.05, 3.63) is 35.9 Å². The number of rotatable bonds is 8. The molecule has 0 bridgehead atoms. The van der Waals surface area contributed by atoms with E-state index in [4.69, 9.17) is 0 Å². The fraction of sp³-hybridized carbons (Fsp3) is 0.625.